The van der Waals surface area contributed by atoms with Crippen LogP contribution in [-0.2, 0) is 9.59 Å². The number of amides is 2. The average Bonchev–Trinajstić information content (AvgIpc) is 2.45. The Morgan fingerprint density at radius 2 is 1.36 bits per heavy atom. The lowest BCUT2D eigenvalue weighted by molar-refractivity contribution is -0.133. The van der Waals surface area contributed by atoms with Crippen molar-refractivity contribution < 1.29 is 14.7 Å². The van der Waals surface area contributed by atoms with Crippen LogP contribution >= 0.6 is 0 Å². The van der Waals surface area contributed by atoms with Crippen LogP contribution in [-0.4, -0.2) is 16.9 Å². The summed E-state index contributed by atoms with van der Waals surface area (Å²) >= 11 is 0. The average molecular weight is 298 g/mol. The number of hydrogen-bond acceptors (Lipinski definition) is 3. The Morgan fingerprint density at radius 3 is 1.91 bits per heavy atom. The zero-order valence-corrected chi connectivity index (χ0v) is 12.7. The SMILES string of the molecule is Cc1cc(C)c(NC(=O)C(=O)Nc2ccc(O)cc2)c(C)c1. The minimum atomic E-state index is -0.759. The Kier molecular flexibility index (Phi) is 4.46. The molecule has 0 aliphatic rings. The first-order valence-corrected chi connectivity index (χ1v) is 6.86. The number of phenols is 1. The van der Waals surface area contributed by atoms with Gasteiger partial charge in [-0.25, -0.2) is 0 Å². The molecule has 0 fully saturated rings. The monoisotopic (exact) mass is 298 g/mol. The second kappa shape index (κ2) is 6.30. The quantitative estimate of drug-likeness (QED) is 0.589. The third-order valence-electron chi connectivity index (χ3n) is 3.25. The van der Waals surface area contributed by atoms with Gasteiger partial charge in [-0.3, -0.25) is 9.59 Å². The van der Waals surface area contributed by atoms with Crippen LogP contribution in [0.15, 0.2) is 36.4 Å². The van der Waals surface area contributed by atoms with Gasteiger partial charge in [0.25, 0.3) is 0 Å². The highest BCUT2D eigenvalue weighted by molar-refractivity contribution is 6.43. The molecule has 0 atom stereocenters. The second-order valence-corrected chi connectivity index (χ2v) is 5.23. The Hall–Kier alpha value is -2.82. The first-order valence-electron chi connectivity index (χ1n) is 6.86. The molecule has 0 radical (unpaired) electrons. The summed E-state index contributed by atoms with van der Waals surface area (Å²) in [4.78, 5) is 23.9. The number of hydrogen-bond donors (Lipinski definition) is 3. The predicted octanol–water partition coefficient (Wildman–Crippen LogP) is 2.89. The predicted molar refractivity (Wildman–Crippen MR) is 86.0 cm³/mol. The maximum atomic E-state index is 12.0. The number of rotatable bonds is 2. The van der Waals surface area contributed by atoms with Crippen molar-refractivity contribution in [1.82, 2.24) is 0 Å². The van der Waals surface area contributed by atoms with E-state index >= 15 is 0 Å². The van der Waals surface area contributed by atoms with E-state index in [9.17, 15) is 14.7 Å². The first-order chi connectivity index (χ1) is 10.4. The highest BCUT2D eigenvalue weighted by atomic mass is 16.3. The second-order valence-electron chi connectivity index (χ2n) is 5.23. The van der Waals surface area contributed by atoms with E-state index in [1.54, 1.807) is 0 Å². The topological polar surface area (TPSA) is 78.4 Å². The molecule has 0 aliphatic heterocycles. The molecule has 0 saturated heterocycles. The molecule has 5 nitrogen and oxygen atoms in total. The van der Waals surface area contributed by atoms with E-state index in [4.69, 9.17) is 0 Å². The molecular formula is C17H18N2O3. The fourth-order valence-electron chi connectivity index (χ4n) is 2.28. The van der Waals surface area contributed by atoms with Crippen LogP contribution in [0.1, 0.15) is 16.7 Å². The van der Waals surface area contributed by atoms with Gasteiger partial charge in [-0.15, -0.1) is 0 Å². The molecule has 2 rings (SSSR count). The Bertz CT molecular complexity index is 698. The smallest absolute Gasteiger partial charge is 0.314 e. The molecule has 2 amide bonds. The lowest BCUT2D eigenvalue weighted by Crippen LogP contribution is -2.29. The largest absolute Gasteiger partial charge is 0.508 e. The van der Waals surface area contributed by atoms with E-state index in [2.05, 4.69) is 10.6 Å². The highest BCUT2D eigenvalue weighted by Gasteiger charge is 2.16. The van der Waals surface area contributed by atoms with Gasteiger partial charge in [-0.05, 0) is 56.2 Å². The molecule has 0 aromatic heterocycles. The van der Waals surface area contributed by atoms with Gasteiger partial charge in [-0.2, -0.15) is 0 Å². The number of phenolic OH excluding ortho intramolecular Hbond substituents is 1. The molecular weight excluding hydrogens is 280 g/mol. The molecule has 0 bridgehead atoms. The standard InChI is InChI=1S/C17H18N2O3/c1-10-8-11(2)15(12(3)9-10)19-17(22)16(21)18-13-4-6-14(20)7-5-13/h4-9,20H,1-3H3,(H,18,21)(H,19,22). The number of aryl methyl sites for hydroxylation is 3. The van der Waals surface area contributed by atoms with Crippen LogP contribution in [0.2, 0.25) is 0 Å². The van der Waals surface area contributed by atoms with Crippen LogP contribution < -0.4 is 10.6 Å². The lowest BCUT2D eigenvalue weighted by Gasteiger charge is -2.12. The first kappa shape index (κ1) is 15.6. The van der Waals surface area contributed by atoms with E-state index < -0.39 is 11.8 Å². The van der Waals surface area contributed by atoms with Gasteiger partial charge in [0.2, 0.25) is 0 Å². The summed E-state index contributed by atoms with van der Waals surface area (Å²) in [6.45, 7) is 5.74. The van der Waals surface area contributed by atoms with Crippen molar-refractivity contribution in [3.05, 3.63) is 53.1 Å². The van der Waals surface area contributed by atoms with Gasteiger partial charge >= 0.3 is 11.8 Å². The van der Waals surface area contributed by atoms with Crippen LogP contribution in [0.25, 0.3) is 0 Å². The summed E-state index contributed by atoms with van der Waals surface area (Å²) in [6.07, 6.45) is 0. The maximum absolute atomic E-state index is 12.0. The van der Waals surface area contributed by atoms with Crippen molar-refractivity contribution in [3.8, 4) is 5.75 Å². The highest BCUT2D eigenvalue weighted by Crippen LogP contribution is 2.22. The molecule has 2 aromatic rings. The van der Waals surface area contributed by atoms with Crippen molar-refractivity contribution in [3.63, 3.8) is 0 Å². The number of nitrogens with one attached hydrogen (secondary N) is 2. The lowest BCUT2D eigenvalue weighted by atomic mass is 10.1. The third-order valence-corrected chi connectivity index (χ3v) is 3.25. The summed E-state index contributed by atoms with van der Waals surface area (Å²) in [7, 11) is 0. The molecule has 3 N–H and O–H groups in total. The fourth-order valence-corrected chi connectivity index (χ4v) is 2.28. The Balaban J connectivity index is 2.09. The third kappa shape index (κ3) is 3.63. The van der Waals surface area contributed by atoms with Crippen molar-refractivity contribution in [2.45, 2.75) is 20.8 Å². The van der Waals surface area contributed by atoms with Crippen molar-refractivity contribution >= 4 is 23.2 Å². The summed E-state index contributed by atoms with van der Waals surface area (Å²) in [5.74, 6) is -1.40. The molecule has 2 aromatic carbocycles. The van der Waals surface area contributed by atoms with Crippen molar-refractivity contribution in [2.75, 3.05) is 10.6 Å². The molecule has 22 heavy (non-hydrogen) atoms. The van der Waals surface area contributed by atoms with Crippen LogP contribution in [0.4, 0.5) is 11.4 Å². The van der Waals surface area contributed by atoms with Crippen LogP contribution in [0, 0.1) is 20.8 Å². The fraction of sp³-hybridized carbons (Fsp3) is 0.176. The van der Waals surface area contributed by atoms with Gasteiger partial charge in [-0.1, -0.05) is 17.7 Å². The molecule has 0 heterocycles. The molecule has 0 spiro atoms. The Labute approximate surface area is 129 Å². The summed E-state index contributed by atoms with van der Waals surface area (Å²) in [5.41, 5.74) is 4.00. The zero-order chi connectivity index (χ0) is 16.3. The van der Waals surface area contributed by atoms with Crippen LogP contribution in [0.5, 0.6) is 5.75 Å². The molecule has 114 valence electrons. The number of anilines is 2. The summed E-state index contributed by atoms with van der Waals surface area (Å²) in [5, 5.41) is 14.3. The van der Waals surface area contributed by atoms with E-state index in [0.29, 0.717) is 11.4 Å². The molecule has 0 unspecified atom stereocenters. The zero-order valence-electron chi connectivity index (χ0n) is 12.7. The summed E-state index contributed by atoms with van der Waals surface area (Å²) < 4.78 is 0. The van der Waals surface area contributed by atoms with Crippen molar-refractivity contribution in [2.24, 2.45) is 0 Å². The number of carbonyl (C=O) groups excluding carboxylic acids is 2. The number of benzene rings is 2. The van der Waals surface area contributed by atoms with Crippen molar-refractivity contribution in [1.29, 1.82) is 0 Å². The van der Waals surface area contributed by atoms with Gasteiger partial charge < -0.3 is 15.7 Å². The van der Waals surface area contributed by atoms with Crippen LogP contribution in [0.3, 0.4) is 0 Å². The molecule has 5 heteroatoms. The number of aromatic hydroxyl groups is 1. The summed E-state index contributed by atoms with van der Waals surface area (Å²) in [6, 6.07) is 9.79. The number of carbonyl (C=O) groups is 2. The Morgan fingerprint density at radius 1 is 0.864 bits per heavy atom. The van der Waals surface area contributed by atoms with Gasteiger partial charge in [0.15, 0.2) is 0 Å². The van der Waals surface area contributed by atoms with Gasteiger partial charge in [0, 0.05) is 11.4 Å². The van der Waals surface area contributed by atoms with Gasteiger partial charge in [0.1, 0.15) is 5.75 Å². The van der Waals surface area contributed by atoms with E-state index in [0.717, 1.165) is 16.7 Å². The minimum absolute atomic E-state index is 0.0911. The minimum Gasteiger partial charge on any atom is -0.508 e. The van der Waals surface area contributed by atoms with Gasteiger partial charge in [0.05, 0.1) is 0 Å². The maximum Gasteiger partial charge on any atom is 0.314 e. The molecule has 0 saturated carbocycles. The van der Waals surface area contributed by atoms with E-state index in [-0.39, 0.29) is 5.75 Å². The normalized spacial score (nSPS) is 10.1. The molecule has 0 aliphatic carbocycles. The van der Waals surface area contributed by atoms with E-state index in [1.807, 2.05) is 32.9 Å². The van der Waals surface area contributed by atoms with E-state index in [1.165, 1.54) is 24.3 Å².